The number of H-pyrrole nitrogens is 1. The molecule has 2 aromatic heterocycles. The molecule has 0 bridgehead atoms. The van der Waals surface area contributed by atoms with Crippen LogP contribution in [0.1, 0.15) is 43.0 Å². The molecule has 0 spiro atoms. The average Bonchev–Trinajstić information content (AvgIpc) is 3.43. The van der Waals surface area contributed by atoms with Gasteiger partial charge in [-0.3, -0.25) is 9.78 Å². The lowest BCUT2D eigenvalue weighted by molar-refractivity contribution is -0.0733. The molecule has 0 radical (unpaired) electrons. The first-order valence-electron chi connectivity index (χ1n) is 14.6. The van der Waals surface area contributed by atoms with E-state index in [-0.39, 0.29) is 30.0 Å². The minimum atomic E-state index is -0.817. The molecule has 3 aromatic carbocycles. The third-order valence-electron chi connectivity index (χ3n) is 8.38. The van der Waals surface area contributed by atoms with E-state index in [0.29, 0.717) is 36.2 Å². The number of aliphatic hydroxyl groups is 1. The maximum Gasteiger partial charge on any atom is 0.280 e. The Balaban J connectivity index is 1.30. The number of anilines is 1. The Hall–Kier alpha value is -4.27. The molecule has 8 heteroatoms. The fraction of sp³-hybridized carbons (Fsp3) is 0.324. The number of hydrogen-bond donors (Lipinski definition) is 3. The predicted octanol–water partition coefficient (Wildman–Crippen LogP) is 5.37. The molecule has 1 aliphatic carbocycles. The Morgan fingerprint density at radius 2 is 1.55 bits per heavy atom. The van der Waals surface area contributed by atoms with Crippen molar-refractivity contribution < 1.29 is 9.84 Å². The first-order valence-corrected chi connectivity index (χ1v) is 14.6. The zero-order chi connectivity index (χ0) is 29.1. The molecule has 42 heavy (non-hydrogen) atoms. The zero-order valence-electron chi connectivity index (χ0n) is 24.0. The second kappa shape index (κ2) is 11.9. The van der Waals surface area contributed by atoms with E-state index in [2.05, 4.69) is 70.5 Å². The Kier molecular flexibility index (Phi) is 7.91. The molecule has 1 saturated carbocycles. The lowest BCUT2D eigenvalue weighted by atomic mass is 9.69. The number of aromatic amines is 1. The summed E-state index contributed by atoms with van der Waals surface area (Å²) in [6.45, 7) is 5.32. The molecule has 5 aromatic rings. The zero-order valence-corrected chi connectivity index (χ0v) is 24.0. The molecule has 1 aliphatic rings. The summed E-state index contributed by atoms with van der Waals surface area (Å²) in [7, 11) is 0. The van der Waals surface area contributed by atoms with Gasteiger partial charge in [-0.25, -0.2) is 4.98 Å². The van der Waals surface area contributed by atoms with E-state index >= 15 is 0 Å². The van der Waals surface area contributed by atoms with E-state index in [0.717, 1.165) is 23.1 Å². The van der Waals surface area contributed by atoms with Gasteiger partial charge in [0.2, 0.25) is 5.95 Å². The van der Waals surface area contributed by atoms with Crippen LogP contribution in [-0.2, 0) is 10.3 Å². The lowest BCUT2D eigenvalue weighted by Crippen LogP contribution is -2.45. The average molecular weight is 564 g/mol. The number of nitrogens with one attached hydrogen (secondary N) is 2. The van der Waals surface area contributed by atoms with Crippen molar-refractivity contribution in [1.82, 2.24) is 19.5 Å². The first-order chi connectivity index (χ1) is 20.5. The molecule has 2 heterocycles. The second-order valence-electron chi connectivity index (χ2n) is 11.5. The summed E-state index contributed by atoms with van der Waals surface area (Å²) in [5.74, 6) is 0.863. The molecule has 1 fully saturated rings. The number of fused-ring (bicyclic) bond motifs is 1. The normalized spacial score (nSPS) is 18.7. The van der Waals surface area contributed by atoms with Gasteiger partial charge >= 0.3 is 0 Å². The third kappa shape index (κ3) is 5.12. The lowest BCUT2D eigenvalue weighted by Gasteiger charge is -2.46. The van der Waals surface area contributed by atoms with Crippen molar-refractivity contribution in [3.63, 3.8) is 0 Å². The number of rotatable bonds is 11. The van der Waals surface area contributed by atoms with Gasteiger partial charge < -0.3 is 19.7 Å². The van der Waals surface area contributed by atoms with E-state index < -0.39 is 5.60 Å². The van der Waals surface area contributed by atoms with Crippen molar-refractivity contribution in [3.8, 4) is 0 Å². The van der Waals surface area contributed by atoms with Crippen molar-refractivity contribution >= 4 is 17.1 Å². The van der Waals surface area contributed by atoms with Crippen LogP contribution >= 0.6 is 0 Å². The monoisotopic (exact) mass is 563 g/mol. The minimum Gasteiger partial charge on any atom is -0.396 e. The Morgan fingerprint density at radius 1 is 0.976 bits per heavy atom. The van der Waals surface area contributed by atoms with Crippen LogP contribution in [0.2, 0.25) is 0 Å². The molecular weight excluding hydrogens is 526 g/mol. The van der Waals surface area contributed by atoms with Crippen molar-refractivity contribution in [2.75, 3.05) is 25.1 Å². The quantitative estimate of drug-likeness (QED) is 0.187. The summed E-state index contributed by atoms with van der Waals surface area (Å²) in [4.78, 5) is 24.6. The highest BCUT2D eigenvalue weighted by Crippen LogP contribution is 2.47. The van der Waals surface area contributed by atoms with Gasteiger partial charge in [-0.1, -0.05) is 105 Å². The molecule has 0 aliphatic heterocycles. The smallest absolute Gasteiger partial charge is 0.280 e. The highest BCUT2D eigenvalue weighted by Gasteiger charge is 2.45. The van der Waals surface area contributed by atoms with Gasteiger partial charge in [-0.15, -0.1) is 0 Å². The molecule has 6 rings (SSSR count). The van der Waals surface area contributed by atoms with Crippen LogP contribution in [0.15, 0.2) is 102 Å². The molecular formula is C34H37N5O3. The largest absolute Gasteiger partial charge is 0.396 e. The molecule has 0 saturated heterocycles. The molecule has 0 unspecified atom stereocenters. The first kappa shape index (κ1) is 27.9. The van der Waals surface area contributed by atoms with Crippen LogP contribution in [0, 0.1) is 17.8 Å². The summed E-state index contributed by atoms with van der Waals surface area (Å²) in [6.07, 6.45) is 2.44. The fourth-order valence-electron chi connectivity index (χ4n) is 6.11. The molecule has 3 N–H and O–H groups in total. The number of aliphatic hydroxyl groups excluding tert-OH is 1. The Bertz CT molecular complexity index is 1570. The molecule has 216 valence electrons. The van der Waals surface area contributed by atoms with Gasteiger partial charge in [0.25, 0.3) is 5.56 Å². The fourth-order valence-corrected chi connectivity index (χ4v) is 6.11. The number of imidazole rings is 1. The van der Waals surface area contributed by atoms with Crippen LogP contribution in [0.3, 0.4) is 0 Å². The van der Waals surface area contributed by atoms with E-state index in [9.17, 15) is 9.90 Å². The summed E-state index contributed by atoms with van der Waals surface area (Å²) in [5.41, 5.74) is 2.88. The van der Waals surface area contributed by atoms with Gasteiger partial charge in [-0.05, 0) is 34.9 Å². The van der Waals surface area contributed by atoms with Gasteiger partial charge in [-0.2, -0.15) is 4.98 Å². The highest BCUT2D eigenvalue weighted by atomic mass is 16.5. The number of hydrogen-bond acceptors (Lipinski definition) is 6. The second-order valence-corrected chi connectivity index (χ2v) is 11.5. The summed E-state index contributed by atoms with van der Waals surface area (Å²) < 4.78 is 9.00. The topological polar surface area (TPSA) is 105 Å². The van der Waals surface area contributed by atoms with Gasteiger partial charge in [0, 0.05) is 25.1 Å². The molecule has 0 amide bonds. The van der Waals surface area contributed by atoms with E-state index in [1.54, 1.807) is 6.33 Å². The minimum absolute atomic E-state index is 0.00494. The molecule has 8 nitrogen and oxygen atoms in total. The van der Waals surface area contributed by atoms with E-state index in [1.807, 2.05) is 59.2 Å². The SMILES string of the molecule is CC(C)CNc1nc2c(ncn2[C@@H]2C[C@H](COC(c3ccccc3)(c3ccccc3)c3ccccc3)[C@H]2CO)c(=O)[nH]1. The predicted molar refractivity (Wildman–Crippen MR) is 164 cm³/mol. The maximum atomic E-state index is 12.7. The summed E-state index contributed by atoms with van der Waals surface area (Å²) in [6, 6.07) is 30.9. The van der Waals surface area contributed by atoms with Crippen LogP contribution in [0.4, 0.5) is 5.95 Å². The summed E-state index contributed by atoms with van der Waals surface area (Å²) in [5, 5.41) is 13.8. The van der Waals surface area contributed by atoms with Crippen LogP contribution in [-0.4, -0.2) is 44.4 Å². The number of aromatic nitrogens is 4. The Labute approximate surface area is 245 Å². The van der Waals surface area contributed by atoms with E-state index in [4.69, 9.17) is 4.74 Å². The summed E-state index contributed by atoms with van der Waals surface area (Å²) >= 11 is 0. The van der Waals surface area contributed by atoms with Crippen LogP contribution in [0.5, 0.6) is 0 Å². The van der Waals surface area contributed by atoms with Gasteiger partial charge in [0.05, 0.1) is 12.9 Å². The Morgan fingerprint density at radius 3 is 2.07 bits per heavy atom. The van der Waals surface area contributed by atoms with Crippen molar-refractivity contribution in [2.45, 2.75) is 31.9 Å². The maximum absolute atomic E-state index is 12.7. The highest BCUT2D eigenvalue weighted by molar-refractivity contribution is 5.71. The van der Waals surface area contributed by atoms with Gasteiger partial charge in [0.15, 0.2) is 11.2 Å². The third-order valence-corrected chi connectivity index (χ3v) is 8.38. The van der Waals surface area contributed by atoms with Gasteiger partial charge in [0.1, 0.15) is 5.60 Å². The number of ether oxygens (including phenoxy) is 1. The van der Waals surface area contributed by atoms with Crippen molar-refractivity contribution in [2.24, 2.45) is 17.8 Å². The number of nitrogens with zero attached hydrogens (tertiary/aromatic N) is 3. The van der Waals surface area contributed by atoms with Crippen LogP contribution < -0.4 is 10.9 Å². The van der Waals surface area contributed by atoms with Crippen LogP contribution in [0.25, 0.3) is 11.2 Å². The molecule has 3 atom stereocenters. The van der Waals surface area contributed by atoms with Crippen molar-refractivity contribution in [3.05, 3.63) is 124 Å². The number of benzene rings is 3. The van der Waals surface area contributed by atoms with E-state index in [1.165, 1.54) is 0 Å². The standard InChI is InChI=1S/C34H37N5O3/c1-23(2)19-35-33-37-31-30(32(41)38-33)36-22-39(31)29-18-24(28(29)20-40)21-42-34(25-12-6-3-7-13-25,26-14-8-4-9-15-26)27-16-10-5-11-17-27/h3-17,22-24,28-29,40H,18-21H2,1-2H3,(H2,35,37,38,41)/t24-,28-,29-/m1/s1. The van der Waals surface area contributed by atoms with Crippen molar-refractivity contribution in [1.29, 1.82) is 0 Å².